The van der Waals surface area contributed by atoms with Crippen molar-refractivity contribution in [2.24, 2.45) is 5.92 Å². The molecule has 3 unspecified atom stereocenters. The molecule has 2 N–H and O–H groups in total. The molecule has 0 saturated heterocycles. The van der Waals surface area contributed by atoms with Gasteiger partial charge in [-0.05, 0) is 96.7 Å². The number of aliphatic hydroxyl groups excluding tert-OH is 1. The molecule has 53 heavy (non-hydrogen) atoms. The van der Waals surface area contributed by atoms with Gasteiger partial charge in [-0.1, -0.05) is 116 Å². The number of methoxy groups -OCH3 is 1. The fourth-order valence-corrected chi connectivity index (χ4v) is 4.04. The molecular formula is C45H63FN2O5. The van der Waals surface area contributed by atoms with Gasteiger partial charge in [-0.2, -0.15) is 0 Å². The Labute approximate surface area is 319 Å². The Hall–Kier alpha value is -5.21. The third-order valence-corrected chi connectivity index (χ3v) is 7.35. The van der Waals surface area contributed by atoms with Gasteiger partial charge in [0.05, 0.1) is 25.4 Å². The van der Waals surface area contributed by atoms with Crippen LogP contribution in [-0.2, 0) is 14.3 Å². The van der Waals surface area contributed by atoms with Crippen LogP contribution in [0.1, 0.15) is 71.6 Å². The van der Waals surface area contributed by atoms with Crippen LogP contribution in [0.2, 0.25) is 0 Å². The minimum atomic E-state index is -0.849. The van der Waals surface area contributed by atoms with Crippen LogP contribution in [0.5, 0.6) is 0 Å². The number of carbonyl (C=O) groups excluding carboxylic acids is 2. The summed E-state index contributed by atoms with van der Waals surface area (Å²) < 4.78 is 22.8. The summed E-state index contributed by atoms with van der Waals surface area (Å²) in [5.41, 5.74) is 4.00. The molecule has 8 heteroatoms. The van der Waals surface area contributed by atoms with Crippen molar-refractivity contribution >= 4 is 17.7 Å². The summed E-state index contributed by atoms with van der Waals surface area (Å²) in [6.07, 6.45) is 11.9. The number of anilines is 1. The van der Waals surface area contributed by atoms with Crippen LogP contribution in [0.15, 0.2) is 146 Å². The van der Waals surface area contributed by atoms with Gasteiger partial charge in [0.2, 0.25) is 5.91 Å². The molecule has 0 spiro atoms. The van der Waals surface area contributed by atoms with Gasteiger partial charge in [-0.3, -0.25) is 9.69 Å². The Kier molecular flexibility index (Phi) is 30.8. The monoisotopic (exact) mass is 730 g/mol. The largest absolute Gasteiger partial charge is 0.497 e. The van der Waals surface area contributed by atoms with Crippen LogP contribution < -0.4 is 5.32 Å². The maximum absolute atomic E-state index is 13.1. The molecule has 2 amide bonds. The van der Waals surface area contributed by atoms with E-state index >= 15 is 0 Å². The SMILES string of the molecule is C/C=C/OC/C(C)=C/C.C/C=C\C.C=CC=C.COC(=O)N(C)C(=O)C(CCC(O)c1ccc(F)cc1)C(C)Nc1ccccc1.Cc1ccccc1. The number of ether oxygens (including phenoxy) is 2. The van der Waals surface area contributed by atoms with E-state index in [0.29, 0.717) is 18.6 Å². The highest BCUT2D eigenvalue weighted by Gasteiger charge is 2.31. The maximum Gasteiger partial charge on any atom is 0.415 e. The molecule has 3 aromatic rings. The molecule has 3 rings (SSSR count). The first kappa shape index (κ1) is 49.9. The van der Waals surface area contributed by atoms with E-state index in [1.165, 1.54) is 49.6 Å². The van der Waals surface area contributed by atoms with Crippen molar-refractivity contribution in [3.05, 3.63) is 163 Å². The predicted octanol–water partition coefficient (Wildman–Crippen LogP) is 11.4. The lowest BCUT2D eigenvalue weighted by molar-refractivity contribution is -0.133. The summed E-state index contributed by atoms with van der Waals surface area (Å²) >= 11 is 0. The zero-order valence-electron chi connectivity index (χ0n) is 33.3. The third-order valence-electron chi connectivity index (χ3n) is 7.35. The molecule has 0 radical (unpaired) electrons. The van der Waals surface area contributed by atoms with Crippen molar-refractivity contribution < 1.29 is 28.6 Å². The molecule has 7 nitrogen and oxygen atoms in total. The van der Waals surface area contributed by atoms with E-state index in [4.69, 9.17) is 4.74 Å². The van der Waals surface area contributed by atoms with Gasteiger partial charge in [0.1, 0.15) is 12.4 Å². The fourth-order valence-electron chi connectivity index (χ4n) is 4.04. The van der Waals surface area contributed by atoms with Gasteiger partial charge < -0.3 is 19.9 Å². The maximum atomic E-state index is 13.1. The van der Waals surface area contributed by atoms with Crippen molar-refractivity contribution in [3.8, 4) is 0 Å². The summed E-state index contributed by atoms with van der Waals surface area (Å²) in [4.78, 5) is 25.7. The van der Waals surface area contributed by atoms with Crippen molar-refractivity contribution in [1.29, 1.82) is 0 Å². The summed E-state index contributed by atoms with van der Waals surface area (Å²) in [5, 5.41) is 13.7. The lowest BCUT2D eigenvalue weighted by Gasteiger charge is -2.28. The molecule has 0 saturated carbocycles. The smallest absolute Gasteiger partial charge is 0.415 e. The van der Waals surface area contributed by atoms with Crippen molar-refractivity contribution in [3.63, 3.8) is 0 Å². The normalized spacial score (nSPS) is 11.9. The minimum absolute atomic E-state index is 0.276. The summed E-state index contributed by atoms with van der Waals surface area (Å²) in [6.45, 7) is 21.4. The van der Waals surface area contributed by atoms with Gasteiger partial charge in [0, 0.05) is 18.8 Å². The van der Waals surface area contributed by atoms with Crippen LogP contribution in [-0.4, -0.2) is 48.8 Å². The first-order valence-corrected chi connectivity index (χ1v) is 17.6. The van der Waals surface area contributed by atoms with E-state index < -0.39 is 24.0 Å². The second-order valence-corrected chi connectivity index (χ2v) is 11.6. The van der Waals surface area contributed by atoms with Gasteiger partial charge in [-0.25, -0.2) is 9.18 Å². The van der Waals surface area contributed by atoms with Gasteiger partial charge in [0.25, 0.3) is 0 Å². The van der Waals surface area contributed by atoms with E-state index in [1.807, 2.05) is 114 Å². The molecule has 0 fully saturated rings. The number of nitrogens with one attached hydrogen (secondary N) is 1. The van der Waals surface area contributed by atoms with Gasteiger partial charge in [-0.15, -0.1) is 0 Å². The highest BCUT2D eigenvalue weighted by Crippen LogP contribution is 2.25. The summed E-state index contributed by atoms with van der Waals surface area (Å²) in [5.74, 6) is -1.37. The number of nitrogens with zero attached hydrogens (tertiary/aromatic N) is 1. The molecule has 0 bridgehead atoms. The number of aliphatic hydroxyl groups is 1. The predicted molar refractivity (Wildman–Crippen MR) is 221 cm³/mol. The van der Waals surface area contributed by atoms with Crippen molar-refractivity contribution in [2.75, 3.05) is 26.1 Å². The van der Waals surface area contributed by atoms with E-state index in [2.05, 4.69) is 42.3 Å². The highest BCUT2D eigenvalue weighted by atomic mass is 19.1. The first-order valence-electron chi connectivity index (χ1n) is 17.6. The standard InChI is InChI=1S/C22H27FN2O4.C8H14O.C7H8.C4H8.C4H6/c1-15(24-18-7-5-4-6-8-18)19(21(27)25(2)22(28)29-3)13-14-20(26)16-9-11-17(23)12-10-16;1-4-6-9-7-8(3)5-2;1-7-5-3-2-4-6-7;2*1-3-4-2/h4-12,15,19-20,24,26H,13-14H2,1-3H3;4-6H,7H2,1-3H3;2-6H,1H3;3-4H,1-2H3;3-4H,1-2H2/b;6-4+,8-5+;;4-3-;. The lowest BCUT2D eigenvalue weighted by atomic mass is 9.91. The number of hydrogen-bond acceptors (Lipinski definition) is 6. The number of amides is 2. The average Bonchev–Trinajstić information content (AvgIpc) is 3.18. The average molecular weight is 731 g/mol. The molecule has 0 aromatic heterocycles. The van der Waals surface area contributed by atoms with Crippen LogP contribution in [0, 0.1) is 18.7 Å². The van der Waals surface area contributed by atoms with E-state index in [-0.39, 0.29) is 18.3 Å². The van der Waals surface area contributed by atoms with E-state index in [9.17, 15) is 19.1 Å². The quantitative estimate of drug-likeness (QED) is 0.110. The number of benzene rings is 3. The number of carbonyl (C=O) groups is 2. The molecule has 0 aliphatic carbocycles. The van der Waals surface area contributed by atoms with E-state index in [0.717, 1.165) is 10.6 Å². The molecule has 3 atom stereocenters. The number of aryl methyl sites for hydroxylation is 1. The Bertz CT molecular complexity index is 1460. The number of imide groups is 1. The van der Waals surface area contributed by atoms with Crippen LogP contribution >= 0.6 is 0 Å². The molecule has 0 aliphatic heterocycles. The second kappa shape index (κ2) is 32.7. The summed E-state index contributed by atoms with van der Waals surface area (Å²) in [6, 6.07) is 25.0. The van der Waals surface area contributed by atoms with Crippen molar-refractivity contribution in [1.82, 2.24) is 4.90 Å². The first-order chi connectivity index (χ1) is 25.4. The molecular weight excluding hydrogens is 668 g/mol. The Morgan fingerprint density at radius 2 is 1.40 bits per heavy atom. The van der Waals surface area contributed by atoms with Crippen LogP contribution in [0.3, 0.4) is 0 Å². The topological polar surface area (TPSA) is 88.1 Å². The van der Waals surface area contributed by atoms with Crippen LogP contribution in [0.4, 0.5) is 14.9 Å². The zero-order valence-corrected chi connectivity index (χ0v) is 33.3. The van der Waals surface area contributed by atoms with E-state index in [1.54, 1.807) is 18.4 Å². The van der Waals surface area contributed by atoms with Gasteiger partial charge in [0.15, 0.2) is 0 Å². The Balaban J connectivity index is 0. The second-order valence-electron chi connectivity index (χ2n) is 11.6. The number of hydrogen-bond donors (Lipinski definition) is 2. The number of allylic oxidation sites excluding steroid dienone is 6. The third kappa shape index (κ3) is 25.4. The molecule has 290 valence electrons. The molecule has 3 aromatic carbocycles. The number of halogens is 1. The lowest BCUT2D eigenvalue weighted by Crippen LogP contribution is -2.43. The molecule has 0 aliphatic rings. The Morgan fingerprint density at radius 1 is 0.868 bits per heavy atom. The minimum Gasteiger partial charge on any atom is -0.497 e. The fraction of sp³-hybridized carbons (Fsp3) is 0.333. The number of rotatable bonds is 12. The summed E-state index contributed by atoms with van der Waals surface area (Å²) in [7, 11) is 2.58. The number of para-hydroxylation sites is 1. The Morgan fingerprint density at radius 3 is 1.81 bits per heavy atom. The van der Waals surface area contributed by atoms with Gasteiger partial charge >= 0.3 is 6.09 Å². The molecule has 0 heterocycles. The van der Waals surface area contributed by atoms with Crippen LogP contribution in [0.25, 0.3) is 0 Å². The van der Waals surface area contributed by atoms with Crippen molar-refractivity contribution in [2.45, 2.75) is 73.5 Å². The highest BCUT2D eigenvalue weighted by molar-refractivity contribution is 5.93. The zero-order chi connectivity index (χ0) is 40.4.